The molecule has 158 valence electrons. The summed E-state index contributed by atoms with van der Waals surface area (Å²) >= 11 is 0. The number of carbonyl (C=O) groups excluding carboxylic acids is 1. The number of ketones is 1. The molecule has 0 unspecified atom stereocenters. The van der Waals surface area contributed by atoms with Gasteiger partial charge in [0.05, 0.1) is 20.8 Å². The van der Waals surface area contributed by atoms with Crippen molar-refractivity contribution in [1.29, 1.82) is 0 Å². The van der Waals surface area contributed by atoms with E-state index in [2.05, 4.69) is 4.98 Å². The van der Waals surface area contributed by atoms with Crippen LogP contribution in [0.1, 0.15) is 21.7 Å². The third-order valence-electron chi connectivity index (χ3n) is 5.14. The molecule has 0 saturated carbocycles. The molecular weight excluding hydrogens is 394 g/mol. The highest BCUT2D eigenvalue weighted by molar-refractivity contribution is 7.89. The monoisotopic (exact) mass is 421 g/mol. The van der Waals surface area contributed by atoms with Gasteiger partial charge in [-0.3, -0.25) is 9.69 Å². The van der Waals surface area contributed by atoms with Crippen molar-refractivity contribution in [3.8, 4) is 11.5 Å². The first-order valence-electron chi connectivity index (χ1n) is 9.40. The lowest BCUT2D eigenvalue weighted by Gasteiger charge is -2.33. The Bertz CT molecular complexity index is 992. The van der Waals surface area contributed by atoms with Crippen LogP contribution >= 0.6 is 0 Å². The molecule has 0 amide bonds. The Morgan fingerprint density at radius 3 is 2.31 bits per heavy atom. The fourth-order valence-electron chi connectivity index (χ4n) is 3.55. The van der Waals surface area contributed by atoms with Crippen molar-refractivity contribution in [2.45, 2.75) is 18.7 Å². The molecule has 1 aliphatic rings. The summed E-state index contributed by atoms with van der Waals surface area (Å²) in [6.45, 7) is 5.66. The Morgan fingerprint density at radius 2 is 1.76 bits per heavy atom. The number of H-pyrrole nitrogens is 1. The molecule has 1 aliphatic heterocycles. The number of rotatable bonds is 7. The Morgan fingerprint density at radius 1 is 1.07 bits per heavy atom. The number of benzene rings is 1. The van der Waals surface area contributed by atoms with Crippen molar-refractivity contribution in [2.75, 3.05) is 46.9 Å². The molecule has 1 aromatic heterocycles. The van der Waals surface area contributed by atoms with E-state index in [4.69, 9.17) is 9.47 Å². The fourth-order valence-corrected chi connectivity index (χ4v) is 5.15. The maximum atomic E-state index is 13.1. The predicted octanol–water partition coefficient (Wildman–Crippen LogP) is 1.84. The Hall–Kier alpha value is -2.36. The standard InChI is InChI=1S/C20H27N3O5S/c1-14-11-17(15(2)21-14)18(24)13-22-7-9-23(10-8-22)29(25,26)20-12-16(27-3)5-6-19(20)28-4/h5-6,11-12,21H,7-10,13H2,1-4H3. The van der Waals surface area contributed by atoms with E-state index in [1.165, 1.54) is 24.6 Å². The molecule has 3 rings (SSSR count). The Labute approximate surface area is 171 Å². The molecule has 0 radical (unpaired) electrons. The topological polar surface area (TPSA) is 91.9 Å². The van der Waals surface area contributed by atoms with E-state index < -0.39 is 10.0 Å². The summed E-state index contributed by atoms with van der Waals surface area (Å²) in [6, 6.07) is 6.57. The van der Waals surface area contributed by atoms with Gasteiger partial charge in [-0.25, -0.2) is 8.42 Å². The number of aromatic amines is 1. The molecule has 1 aromatic carbocycles. The molecule has 1 saturated heterocycles. The first-order chi connectivity index (χ1) is 13.8. The Kier molecular flexibility index (Phi) is 6.30. The van der Waals surface area contributed by atoms with Crippen molar-refractivity contribution in [2.24, 2.45) is 0 Å². The molecule has 1 fully saturated rings. The number of aryl methyl sites for hydroxylation is 2. The third-order valence-corrected chi connectivity index (χ3v) is 7.06. The molecule has 2 aromatic rings. The number of piperazine rings is 1. The lowest BCUT2D eigenvalue weighted by Crippen LogP contribution is -2.49. The molecule has 0 aliphatic carbocycles. The lowest BCUT2D eigenvalue weighted by atomic mass is 10.1. The molecule has 8 nitrogen and oxygen atoms in total. The summed E-state index contributed by atoms with van der Waals surface area (Å²) in [7, 11) is -0.806. The second-order valence-corrected chi connectivity index (χ2v) is 9.02. The number of ether oxygens (including phenoxy) is 2. The molecule has 0 spiro atoms. The zero-order chi connectivity index (χ0) is 21.2. The van der Waals surface area contributed by atoms with Gasteiger partial charge < -0.3 is 14.5 Å². The van der Waals surface area contributed by atoms with Crippen LogP contribution in [0.3, 0.4) is 0 Å². The van der Waals surface area contributed by atoms with Crippen molar-refractivity contribution >= 4 is 15.8 Å². The van der Waals surface area contributed by atoms with Crippen LogP contribution in [-0.4, -0.2) is 75.3 Å². The van der Waals surface area contributed by atoms with Crippen molar-refractivity contribution in [3.63, 3.8) is 0 Å². The smallest absolute Gasteiger partial charge is 0.246 e. The number of hydrogen-bond donors (Lipinski definition) is 1. The fraction of sp³-hybridized carbons (Fsp3) is 0.450. The normalized spacial score (nSPS) is 16.0. The lowest BCUT2D eigenvalue weighted by molar-refractivity contribution is 0.0901. The zero-order valence-corrected chi connectivity index (χ0v) is 18.0. The quantitative estimate of drug-likeness (QED) is 0.686. The number of hydrogen-bond acceptors (Lipinski definition) is 6. The number of methoxy groups -OCH3 is 2. The summed E-state index contributed by atoms with van der Waals surface area (Å²) < 4.78 is 38.1. The second kappa shape index (κ2) is 8.56. The van der Waals surface area contributed by atoms with Crippen LogP contribution in [0.2, 0.25) is 0 Å². The second-order valence-electron chi connectivity index (χ2n) is 7.11. The summed E-state index contributed by atoms with van der Waals surface area (Å²) in [6.07, 6.45) is 0. The van der Waals surface area contributed by atoms with Gasteiger partial charge in [-0.2, -0.15) is 4.31 Å². The molecule has 0 bridgehead atoms. The SMILES string of the molecule is COc1ccc(OC)c(S(=O)(=O)N2CCN(CC(=O)c3cc(C)[nH]c3C)CC2)c1. The van der Waals surface area contributed by atoms with Crippen LogP contribution in [-0.2, 0) is 10.0 Å². The predicted molar refractivity (Wildman–Crippen MR) is 109 cm³/mol. The van der Waals surface area contributed by atoms with Gasteiger partial charge in [0.25, 0.3) is 0 Å². The minimum absolute atomic E-state index is 0.0395. The van der Waals surface area contributed by atoms with Crippen LogP contribution in [0.15, 0.2) is 29.2 Å². The number of carbonyl (C=O) groups is 1. The summed E-state index contributed by atoms with van der Waals surface area (Å²) in [4.78, 5) is 17.8. The largest absolute Gasteiger partial charge is 0.497 e. The van der Waals surface area contributed by atoms with E-state index in [0.29, 0.717) is 37.5 Å². The first-order valence-corrected chi connectivity index (χ1v) is 10.8. The van der Waals surface area contributed by atoms with E-state index in [1.807, 2.05) is 24.8 Å². The van der Waals surface area contributed by atoms with E-state index in [0.717, 1.165) is 11.4 Å². The maximum Gasteiger partial charge on any atom is 0.246 e. The minimum Gasteiger partial charge on any atom is -0.497 e. The average Bonchev–Trinajstić information content (AvgIpc) is 3.06. The van der Waals surface area contributed by atoms with Crippen molar-refractivity contribution < 1.29 is 22.7 Å². The highest BCUT2D eigenvalue weighted by Gasteiger charge is 2.32. The van der Waals surface area contributed by atoms with Gasteiger partial charge in [0, 0.05) is 49.2 Å². The van der Waals surface area contributed by atoms with Gasteiger partial charge in [-0.1, -0.05) is 0 Å². The molecule has 1 N–H and O–H groups in total. The molecule has 9 heteroatoms. The van der Waals surface area contributed by atoms with Crippen LogP contribution in [0.5, 0.6) is 11.5 Å². The maximum absolute atomic E-state index is 13.1. The third kappa shape index (κ3) is 4.47. The summed E-state index contributed by atoms with van der Waals surface area (Å²) in [5, 5.41) is 0. The number of Topliss-reactive ketones (excluding diaryl/α,β-unsaturated/α-hetero) is 1. The van der Waals surface area contributed by atoms with Gasteiger partial charge in [-0.05, 0) is 32.0 Å². The van der Waals surface area contributed by atoms with Crippen LogP contribution in [0.25, 0.3) is 0 Å². The van der Waals surface area contributed by atoms with E-state index >= 15 is 0 Å². The van der Waals surface area contributed by atoms with Gasteiger partial charge in [0.15, 0.2) is 5.78 Å². The average molecular weight is 422 g/mol. The van der Waals surface area contributed by atoms with Gasteiger partial charge in [0.1, 0.15) is 16.4 Å². The molecule has 29 heavy (non-hydrogen) atoms. The first kappa shape index (κ1) is 21.4. The van der Waals surface area contributed by atoms with Gasteiger partial charge in [0.2, 0.25) is 10.0 Å². The minimum atomic E-state index is -3.73. The highest BCUT2D eigenvalue weighted by atomic mass is 32.2. The summed E-state index contributed by atoms with van der Waals surface area (Å²) in [5.74, 6) is 0.769. The van der Waals surface area contributed by atoms with Crippen molar-refractivity contribution in [3.05, 3.63) is 41.2 Å². The number of aromatic nitrogens is 1. The van der Waals surface area contributed by atoms with Gasteiger partial charge >= 0.3 is 0 Å². The van der Waals surface area contributed by atoms with Crippen LogP contribution < -0.4 is 9.47 Å². The Balaban J connectivity index is 1.68. The summed E-state index contributed by atoms with van der Waals surface area (Å²) in [5.41, 5.74) is 2.51. The number of sulfonamides is 1. The number of nitrogens with zero attached hydrogens (tertiary/aromatic N) is 2. The molecule has 0 atom stereocenters. The number of nitrogens with one attached hydrogen (secondary N) is 1. The zero-order valence-electron chi connectivity index (χ0n) is 17.2. The van der Waals surface area contributed by atoms with E-state index in [9.17, 15) is 13.2 Å². The van der Waals surface area contributed by atoms with Crippen LogP contribution in [0.4, 0.5) is 0 Å². The van der Waals surface area contributed by atoms with Crippen LogP contribution in [0, 0.1) is 13.8 Å². The molecule has 2 heterocycles. The molecular formula is C20H27N3O5S. The highest BCUT2D eigenvalue weighted by Crippen LogP contribution is 2.31. The van der Waals surface area contributed by atoms with E-state index in [1.54, 1.807) is 12.1 Å². The van der Waals surface area contributed by atoms with Crippen molar-refractivity contribution in [1.82, 2.24) is 14.2 Å². The van der Waals surface area contributed by atoms with E-state index in [-0.39, 0.29) is 23.0 Å². The van der Waals surface area contributed by atoms with Gasteiger partial charge in [-0.15, -0.1) is 0 Å².